The Kier molecular flexibility index (Phi) is 57.1. The van der Waals surface area contributed by atoms with Gasteiger partial charge < -0.3 is 0 Å². The topological polar surface area (TPSA) is 29.4 Å². The van der Waals surface area contributed by atoms with Crippen molar-refractivity contribution < 1.29 is 0 Å². The second kappa shape index (κ2) is 57.2. The van der Waals surface area contributed by atoms with E-state index in [9.17, 15) is 4.91 Å². The van der Waals surface area contributed by atoms with Gasteiger partial charge in [0, 0.05) is 0 Å². The summed E-state index contributed by atoms with van der Waals surface area (Å²) in [6.07, 6.45) is 80.5. The number of halogens is 1. The summed E-state index contributed by atoms with van der Waals surface area (Å²) < 4.78 is 0. The van der Waals surface area contributed by atoms with Crippen molar-refractivity contribution in [2.75, 3.05) is 0 Å². The van der Waals surface area contributed by atoms with Crippen LogP contribution in [0.25, 0.3) is 0 Å². The zero-order valence-corrected chi connectivity index (χ0v) is 49.4. The first-order valence-corrected chi connectivity index (χ1v) is 33.5. The lowest BCUT2D eigenvalue weighted by atomic mass is 9.71. The number of rotatable bonds is 62. The Balaban J connectivity index is 5.30. The van der Waals surface area contributed by atoms with Crippen LogP contribution in [0.15, 0.2) is 5.18 Å². The standard InChI is InChI=1S/C66H132ClNO/c1-5-9-13-17-21-25-29-33-37-41-45-49-53-57-61-65(67,62-58-54-50-46-42-38-34-30-26-22-18-14-10-6-2)66(68-69,63-59-55-51-47-43-39-35-31-27-23-19-15-11-7-3)64-60-56-52-48-44-40-36-32-28-24-20-16-12-8-4/h5-64H2,1-4H3. The molecule has 0 aromatic rings. The van der Waals surface area contributed by atoms with Crippen molar-refractivity contribution in [3.63, 3.8) is 0 Å². The molecule has 0 fully saturated rings. The molecule has 0 radical (unpaired) electrons. The highest BCUT2D eigenvalue weighted by molar-refractivity contribution is 6.25. The van der Waals surface area contributed by atoms with Gasteiger partial charge in [-0.2, -0.15) is 4.91 Å². The van der Waals surface area contributed by atoms with E-state index in [4.69, 9.17) is 11.6 Å². The van der Waals surface area contributed by atoms with E-state index >= 15 is 0 Å². The lowest BCUT2D eigenvalue weighted by Gasteiger charge is -2.43. The molecule has 0 saturated carbocycles. The second-order valence-electron chi connectivity index (χ2n) is 23.5. The van der Waals surface area contributed by atoms with Crippen molar-refractivity contribution in [2.45, 2.75) is 423 Å². The molecule has 0 aliphatic heterocycles. The number of nitrogens with zero attached hydrogens (tertiary/aromatic N) is 1. The molecule has 0 spiro atoms. The fourth-order valence-electron chi connectivity index (χ4n) is 11.8. The maximum Gasteiger partial charge on any atom is 0.122 e. The van der Waals surface area contributed by atoms with Gasteiger partial charge in [-0.25, -0.2) is 0 Å². The molecule has 0 saturated heterocycles. The van der Waals surface area contributed by atoms with Gasteiger partial charge in [0.05, 0.1) is 4.87 Å². The molecule has 0 rings (SSSR count). The Bertz CT molecular complexity index is 887. The molecule has 414 valence electrons. The Hall–Kier alpha value is -0.110. The minimum atomic E-state index is -0.615. The zero-order valence-electron chi connectivity index (χ0n) is 48.7. The quantitative estimate of drug-likeness (QED) is 0.0339. The van der Waals surface area contributed by atoms with Gasteiger partial charge in [0.1, 0.15) is 5.54 Å². The van der Waals surface area contributed by atoms with Crippen molar-refractivity contribution in [3.8, 4) is 0 Å². The van der Waals surface area contributed by atoms with Crippen LogP contribution in [0.5, 0.6) is 0 Å². The highest BCUT2D eigenvalue weighted by Gasteiger charge is 2.50. The largest absolute Gasteiger partial charge is 0.150 e. The molecule has 0 unspecified atom stereocenters. The SMILES string of the molecule is CCCCCCCCCCCCCCCCC(Cl)(CCCCCCCCCCCCCCCC)C(CCCCCCCCCCCCCCCC)(CCCCCCCCCCCCCCCC)N=O. The normalized spacial score (nSPS) is 12.2. The molecule has 0 heterocycles. The van der Waals surface area contributed by atoms with Crippen LogP contribution in [-0.4, -0.2) is 10.4 Å². The van der Waals surface area contributed by atoms with Crippen molar-refractivity contribution >= 4 is 11.6 Å². The molecule has 0 atom stereocenters. The van der Waals surface area contributed by atoms with Crippen LogP contribution < -0.4 is 0 Å². The van der Waals surface area contributed by atoms with Crippen LogP contribution in [0.4, 0.5) is 0 Å². The van der Waals surface area contributed by atoms with Crippen molar-refractivity contribution in [1.82, 2.24) is 0 Å². The molecule has 0 aromatic heterocycles. The highest BCUT2D eigenvalue weighted by atomic mass is 35.5. The molecule has 3 heteroatoms. The number of unbranched alkanes of at least 4 members (excludes halogenated alkanes) is 52. The summed E-state index contributed by atoms with van der Waals surface area (Å²) in [5.74, 6) is 0. The summed E-state index contributed by atoms with van der Waals surface area (Å²) >= 11 is 8.09. The summed E-state index contributed by atoms with van der Waals surface area (Å²) in [6.45, 7) is 9.25. The number of alkyl halides is 1. The second-order valence-corrected chi connectivity index (χ2v) is 24.2. The van der Waals surface area contributed by atoms with Gasteiger partial charge in [0.15, 0.2) is 0 Å². The molecule has 0 aliphatic rings. The van der Waals surface area contributed by atoms with E-state index in [0.29, 0.717) is 0 Å². The van der Waals surface area contributed by atoms with E-state index in [1.807, 2.05) is 0 Å². The Morgan fingerprint density at radius 2 is 0.348 bits per heavy atom. The summed E-state index contributed by atoms with van der Waals surface area (Å²) in [5, 5.41) is 4.28. The molecule has 2 nitrogen and oxygen atoms in total. The molecule has 0 amide bonds. The lowest BCUT2D eigenvalue weighted by Crippen LogP contribution is -2.49. The molecule has 0 bridgehead atoms. The van der Waals surface area contributed by atoms with E-state index in [1.165, 1.54) is 334 Å². The minimum absolute atomic E-state index is 0.490. The van der Waals surface area contributed by atoms with Crippen LogP contribution in [0.2, 0.25) is 0 Å². The molecule has 0 N–H and O–H groups in total. The van der Waals surface area contributed by atoms with E-state index in [2.05, 4.69) is 32.9 Å². The Labute approximate surface area is 442 Å². The fraction of sp³-hybridized carbons (Fsp3) is 1.00. The molecular weight excluding hydrogens is 858 g/mol. The van der Waals surface area contributed by atoms with E-state index < -0.39 is 10.4 Å². The van der Waals surface area contributed by atoms with E-state index in [-0.39, 0.29) is 0 Å². The van der Waals surface area contributed by atoms with Crippen LogP contribution in [-0.2, 0) is 0 Å². The maximum atomic E-state index is 13.6. The van der Waals surface area contributed by atoms with Gasteiger partial charge in [-0.05, 0) is 25.7 Å². The van der Waals surface area contributed by atoms with Crippen molar-refractivity contribution in [2.24, 2.45) is 5.18 Å². The van der Waals surface area contributed by atoms with Crippen molar-refractivity contribution in [1.29, 1.82) is 0 Å². The lowest BCUT2D eigenvalue weighted by molar-refractivity contribution is 0.214. The third-order valence-electron chi connectivity index (χ3n) is 16.7. The van der Waals surface area contributed by atoms with Crippen LogP contribution in [0.1, 0.15) is 413 Å². The third-order valence-corrected chi connectivity index (χ3v) is 17.5. The van der Waals surface area contributed by atoms with E-state index in [0.717, 1.165) is 51.4 Å². The Morgan fingerprint density at radius 1 is 0.217 bits per heavy atom. The van der Waals surface area contributed by atoms with Crippen molar-refractivity contribution in [3.05, 3.63) is 4.91 Å². The smallest absolute Gasteiger partial charge is 0.122 e. The van der Waals surface area contributed by atoms with Crippen LogP contribution in [0.3, 0.4) is 0 Å². The molecule has 0 aliphatic carbocycles. The monoisotopic (exact) mass is 990 g/mol. The third kappa shape index (κ3) is 46.2. The van der Waals surface area contributed by atoms with Crippen LogP contribution >= 0.6 is 11.6 Å². The summed E-state index contributed by atoms with van der Waals surface area (Å²) in [7, 11) is 0. The first-order valence-electron chi connectivity index (χ1n) is 33.1. The molecular formula is C66H132ClNO. The summed E-state index contributed by atoms with van der Waals surface area (Å²) in [5.41, 5.74) is -0.615. The zero-order chi connectivity index (χ0) is 50.1. The predicted molar refractivity (Wildman–Crippen MR) is 317 cm³/mol. The van der Waals surface area contributed by atoms with Crippen LogP contribution in [0, 0.1) is 4.91 Å². The first kappa shape index (κ1) is 68.9. The minimum Gasteiger partial charge on any atom is -0.150 e. The maximum absolute atomic E-state index is 13.6. The van der Waals surface area contributed by atoms with E-state index in [1.54, 1.807) is 0 Å². The fourth-order valence-corrected chi connectivity index (χ4v) is 12.3. The summed E-state index contributed by atoms with van der Waals surface area (Å²) in [4.78, 5) is 13.1. The van der Waals surface area contributed by atoms with Gasteiger partial charge >= 0.3 is 0 Å². The first-order chi connectivity index (χ1) is 34.1. The Morgan fingerprint density at radius 3 is 0.493 bits per heavy atom. The highest BCUT2D eigenvalue weighted by Crippen LogP contribution is 2.48. The average molecular weight is 991 g/mol. The summed E-state index contributed by atoms with van der Waals surface area (Å²) in [6, 6.07) is 0. The van der Waals surface area contributed by atoms with Gasteiger partial charge in [0.25, 0.3) is 0 Å². The van der Waals surface area contributed by atoms with Gasteiger partial charge in [-0.1, -0.05) is 392 Å². The van der Waals surface area contributed by atoms with Gasteiger partial charge in [0.2, 0.25) is 0 Å². The van der Waals surface area contributed by atoms with Gasteiger partial charge in [-0.3, -0.25) is 0 Å². The number of nitroso groups, excluding NO2 is 1. The number of hydrogen-bond acceptors (Lipinski definition) is 2. The predicted octanol–water partition coefficient (Wildman–Crippen LogP) is 26.0. The molecule has 69 heavy (non-hydrogen) atoms. The number of hydrogen-bond donors (Lipinski definition) is 0. The average Bonchev–Trinajstić information content (AvgIpc) is 3.36. The molecule has 0 aromatic carbocycles. The van der Waals surface area contributed by atoms with Gasteiger partial charge in [-0.15, -0.1) is 11.6 Å².